The van der Waals surface area contributed by atoms with Gasteiger partial charge in [-0.05, 0) is 0 Å². The molecule has 0 aromatic carbocycles. The fraction of sp³-hybridized carbons (Fsp3) is 0.500. The van der Waals surface area contributed by atoms with E-state index in [2.05, 4.69) is 0 Å². The molecule has 0 spiro atoms. The second-order valence-electron chi connectivity index (χ2n) is 3.16. The number of nitrogens with one attached hydrogen (secondary N) is 1. The minimum atomic E-state index is -1.83. The summed E-state index contributed by atoms with van der Waals surface area (Å²) in [7, 11) is 0. The Bertz CT molecular complexity index is 346. The van der Waals surface area contributed by atoms with E-state index < -0.39 is 48.7 Å². The molecule has 0 aliphatic rings. The highest BCUT2D eigenvalue weighted by Crippen LogP contribution is 1.94. The molecule has 11 heteroatoms. The second-order valence-corrected chi connectivity index (χ2v) is 3.16. The normalized spacial score (nSPS) is 12.1. The molecule has 0 bridgehead atoms. The first-order valence-corrected chi connectivity index (χ1v) is 4.42. The van der Waals surface area contributed by atoms with Gasteiger partial charge in [0, 0.05) is 12.4 Å². The number of carbonyl (C=O) groups excluding carboxylic acids is 3. The molecule has 11 nitrogen and oxygen atoms in total. The monoisotopic (exact) mass is 282 g/mol. The SMILES string of the molecule is N[C@@H](CC(=O)O)C(=O)N[C@@H](CC(=O)[O-])C(=O)[O-].[NH4+].[NH4+]. The van der Waals surface area contributed by atoms with E-state index >= 15 is 0 Å². The quantitative estimate of drug-likeness (QED) is 0.306. The van der Waals surface area contributed by atoms with Crippen LogP contribution in [0.25, 0.3) is 0 Å². The van der Waals surface area contributed by atoms with E-state index in [-0.39, 0.29) is 12.3 Å². The summed E-state index contributed by atoms with van der Waals surface area (Å²) in [6.07, 6.45) is -1.70. The van der Waals surface area contributed by atoms with Gasteiger partial charge in [-0.3, -0.25) is 9.59 Å². The molecule has 0 rings (SSSR count). The van der Waals surface area contributed by atoms with Crippen LogP contribution in [0.5, 0.6) is 0 Å². The van der Waals surface area contributed by atoms with Crippen molar-refractivity contribution < 1.29 is 34.5 Å². The Labute approximate surface area is 107 Å². The molecule has 0 radical (unpaired) electrons. The zero-order chi connectivity index (χ0) is 13.6. The first-order valence-electron chi connectivity index (χ1n) is 4.42. The number of amides is 1. The summed E-state index contributed by atoms with van der Waals surface area (Å²) in [5, 5.41) is 30.7. The van der Waals surface area contributed by atoms with E-state index in [0.29, 0.717) is 0 Å². The zero-order valence-corrected chi connectivity index (χ0v) is 10.5. The van der Waals surface area contributed by atoms with Crippen LogP contribution in [0.15, 0.2) is 0 Å². The molecule has 1 amide bonds. The Balaban J connectivity index is -0.00000128. The van der Waals surface area contributed by atoms with E-state index in [9.17, 15) is 29.4 Å². The van der Waals surface area contributed by atoms with Crippen LogP contribution in [0.2, 0.25) is 0 Å². The van der Waals surface area contributed by atoms with E-state index in [4.69, 9.17) is 10.8 Å². The van der Waals surface area contributed by atoms with E-state index in [1.54, 1.807) is 5.32 Å². The van der Waals surface area contributed by atoms with Crippen LogP contribution in [0.1, 0.15) is 12.8 Å². The molecule has 0 aromatic heterocycles. The van der Waals surface area contributed by atoms with Crippen molar-refractivity contribution in [3.63, 3.8) is 0 Å². The largest absolute Gasteiger partial charge is 0.550 e. The van der Waals surface area contributed by atoms with Crippen LogP contribution < -0.4 is 33.6 Å². The van der Waals surface area contributed by atoms with Crippen molar-refractivity contribution in [1.82, 2.24) is 17.6 Å². The minimum absolute atomic E-state index is 0. The highest BCUT2D eigenvalue weighted by molar-refractivity contribution is 5.90. The van der Waals surface area contributed by atoms with Gasteiger partial charge < -0.3 is 48.3 Å². The highest BCUT2D eigenvalue weighted by atomic mass is 16.4. The molecule has 0 aliphatic carbocycles. The average Bonchev–Trinajstić information content (AvgIpc) is 2.14. The van der Waals surface area contributed by atoms with Gasteiger partial charge in [0.05, 0.1) is 24.5 Å². The smallest absolute Gasteiger partial charge is 0.305 e. The van der Waals surface area contributed by atoms with E-state index in [1.165, 1.54) is 0 Å². The molecule has 0 heterocycles. The minimum Gasteiger partial charge on any atom is -0.550 e. The van der Waals surface area contributed by atoms with Crippen LogP contribution >= 0.6 is 0 Å². The van der Waals surface area contributed by atoms with Crippen molar-refractivity contribution >= 4 is 23.8 Å². The first kappa shape index (κ1) is 22.0. The standard InChI is InChI=1S/C8H12N2O7.2H3N/c9-3(1-5(11)12)7(15)10-4(8(16)17)2-6(13)14;;/h3-4H,1-2,9H2,(H,10,15)(H,11,12)(H,13,14)(H,16,17);2*1H3/t3-,4-;;/m0../s1. The van der Waals surface area contributed by atoms with Gasteiger partial charge in [0.25, 0.3) is 0 Å². The van der Waals surface area contributed by atoms with Crippen molar-refractivity contribution in [3.8, 4) is 0 Å². The summed E-state index contributed by atoms with van der Waals surface area (Å²) in [6, 6.07) is -3.29. The molecule has 0 fully saturated rings. The van der Waals surface area contributed by atoms with Crippen LogP contribution in [-0.4, -0.2) is 41.0 Å². The van der Waals surface area contributed by atoms with Crippen LogP contribution in [0.3, 0.4) is 0 Å². The molecule has 0 aliphatic heterocycles. The van der Waals surface area contributed by atoms with Gasteiger partial charge in [-0.1, -0.05) is 0 Å². The maximum absolute atomic E-state index is 11.2. The van der Waals surface area contributed by atoms with Crippen molar-refractivity contribution in [2.75, 3.05) is 0 Å². The Kier molecular flexibility index (Phi) is 11.3. The summed E-state index contributed by atoms with van der Waals surface area (Å²) in [6.45, 7) is 0. The van der Waals surface area contributed by atoms with Gasteiger partial charge in [-0.2, -0.15) is 0 Å². The molecule has 0 saturated heterocycles. The molecule has 2 atom stereocenters. The van der Waals surface area contributed by atoms with Crippen LogP contribution in [0.4, 0.5) is 0 Å². The van der Waals surface area contributed by atoms with Crippen molar-refractivity contribution in [2.24, 2.45) is 5.73 Å². The maximum atomic E-state index is 11.2. The summed E-state index contributed by atoms with van der Waals surface area (Å²) >= 11 is 0. The summed E-state index contributed by atoms with van der Waals surface area (Å²) in [5.41, 5.74) is 5.13. The van der Waals surface area contributed by atoms with E-state index in [1.807, 2.05) is 0 Å². The molecule has 19 heavy (non-hydrogen) atoms. The number of carboxylic acid groups (broad SMARTS) is 3. The number of carboxylic acids is 3. The van der Waals surface area contributed by atoms with Gasteiger partial charge in [-0.25, -0.2) is 0 Å². The molecule has 0 unspecified atom stereocenters. The number of quaternary nitrogens is 2. The summed E-state index contributed by atoms with van der Waals surface area (Å²) in [4.78, 5) is 42.0. The predicted octanol–water partition coefficient (Wildman–Crippen LogP) is -4.08. The van der Waals surface area contributed by atoms with Crippen LogP contribution in [0, 0.1) is 0 Å². The molecular formula is C8H18N4O7. The third kappa shape index (κ3) is 9.46. The lowest BCUT2D eigenvalue weighted by Gasteiger charge is -2.21. The zero-order valence-electron chi connectivity index (χ0n) is 10.5. The average molecular weight is 282 g/mol. The summed E-state index contributed by atoms with van der Waals surface area (Å²) < 4.78 is 0. The summed E-state index contributed by atoms with van der Waals surface area (Å²) in [5.74, 6) is -5.98. The van der Waals surface area contributed by atoms with Crippen molar-refractivity contribution in [2.45, 2.75) is 24.9 Å². The fourth-order valence-corrected chi connectivity index (χ4v) is 0.920. The molecule has 0 saturated carbocycles. The Morgan fingerprint density at radius 3 is 1.89 bits per heavy atom. The highest BCUT2D eigenvalue weighted by Gasteiger charge is 2.21. The third-order valence-corrected chi connectivity index (χ3v) is 1.70. The molecule has 12 N–H and O–H groups in total. The number of carbonyl (C=O) groups is 4. The molecule has 0 aromatic rings. The molecule has 112 valence electrons. The fourth-order valence-electron chi connectivity index (χ4n) is 0.920. The van der Waals surface area contributed by atoms with E-state index in [0.717, 1.165) is 0 Å². The van der Waals surface area contributed by atoms with Crippen LogP contribution in [-0.2, 0) is 19.2 Å². The lowest BCUT2D eigenvalue weighted by atomic mass is 10.1. The third-order valence-electron chi connectivity index (χ3n) is 1.70. The van der Waals surface area contributed by atoms with Gasteiger partial charge in [0.15, 0.2) is 0 Å². The van der Waals surface area contributed by atoms with Gasteiger partial charge in [-0.15, -0.1) is 0 Å². The lowest BCUT2D eigenvalue weighted by molar-refractivity contribution is -0.317. The number of nitrogens with two attached hydrogens (primary N) is 1. The lowest BCUT2D eigenvalue weighted by Crippen LogP contribution is -2.54. The topological polar surface area (TPSA) is 246 Å². The Morgan fingerprint density at radius 1 is 1.11 bits per heavy atom. The van der Waals surface area contributed by atoms with Crippen molar-refractivity contribution in [1.29, 1.82) is 0 Å². The van der Waals surface area contributed by atoms with Crippen molar-refractivity contribution in [3.05, 3.63) is 0 Å². The predicted molar refractivity (Wildman–Crippen MR) is 58.8 cm³/mol. The van der Waals surface area contributed by atoms with Gasteiger partial charge in [0.1, 0.15) is 0 Å². The first-order chi connectivity index (χ1) is 7.73. The van der Waals surface area contributed by atoms with Gasteiger partial charge >= 0.3 is 5.97 Å². The maximum Gasteiger partial charge on any atom is 0.305 e. The molecular weight excluding hydrogens is 264 g/mol. The Morgan fingerprint density at radius 2 is 1.58 bits per heavy atom. The number of rotatable bonds is 7. The second kappa shape index (κ2) is 9.76. The van der Waals surface area contributed by atoms with Gasteiger partial charge in [0.2, 0.25) is 5.91 Å². The number of hydrogen-bond donors (Lipinski definition) is 5. The number of hydrogen-bond acceptors (Lipinski definition) is 7. The number of aliphatic carboxylic acids is 3. The Hall–Kier alpha value is -2.24.